The van der Waals surface area contributed by atoms with Gasteiger partial charge in [0.1, 0.15) is 5.75 Å². The quantitative estimate of drug-likeness (QED) is 0.315. The van der Waals surface area contributed by atoms with E-state index in [4.69, 9.17) is 9.72 Å². The Bertz CT molecular complexity index is 1150. The Morgan fingerprint density at radius 1 is 0.964 bits per heavy atom. The number of nitrogens with zero attached hydrogens (tertiary/aromatic N) is 2. The Kier molecular flexibility index (Phi) is 4.73. The molecule has 1 aliphatic heterocycles. The molecule has 0 bridgehead atoms. The van der Waals surface area contributed by atoms with Crippen LogP contribution < -0.4 is 4.74 Å². The first kappa shape index (κ1) is 18.0. The summed E-state index contributed by atoms with van der Waals surface area (Å²) in [6.07, 6.45) is 1.87. The Morgan fingerprint density at radius 2 is 1.75 bits per heavy atom. The van der Waals surface area contributed by atoms with Gasteiger partial charge in [-0.05, 0) is 66.4 Å². The maximum atomic E-state index is 6.39. The summed E-state index contributed by atoms with van der Waals surface area (Å²) < 4.78 is 10.9. The van der Waals surface area contributed by atoms with Crippen LogP contribution in [0.4, 0.5) is 0 Å². The van der Waals surface area contributed by atoms with E-state index in [9.17, 15) is 0 Å². The van der Waals surface area contributed by atoms with Gasteiger partial charge < -0.3 is 9.30 Å². The molecule has 0 radical (unpaired) electrons. The highest BCUT2D eigenvalue weighted by Gasteiger charge is 2.26. The van der Waals surface area contributed by atoms with E-state index in [-0.39, 0.29) is 6.10 Å². The third-order valence-corrected chi connectivity index (χ3v) is 6.22. The summed E-state index contributed by atoms with van der Waals surface area (Å²) in [6, 6.07) is 23.0. The van der Waals surface area contributed by atoms with Gasteiger partial charge in [0.15, 0.2) is 11.9 Å². The van der Waals surface area contributed by atoms with E-state index in [0.717, 1.165) is 50.9 Å². The number of hydrogen-bond acceptors (Lipinski definition) is 2. The van der Waals surface area contributed by atoms with Gasteiger partial charge >= 0.3 is 0 Å². The fourth-order valence-corrected chi connectivity index (χ4v) is 4.49. The van der Waals surface area contributed by atoms with Crippen molar-refractivity contribution in [3.63, 3.8) is 0 Å². The van der Waals surface area contributed by atoms with Crippen molar-refractivity contribution in [2.45, 2.75) is 25.5 Å². The number of halogens is 2. The molecule has 0 aliphatic carbocycles. The van der Waals surface area contributed by atoms with E-state index in [2.05, 4.69) is 85.0 Å². The molecular formula is C23H18Br2N2O. The topological polar surface area (TPSA) is 27.1 Å². The van der Waals surface area contributed by atoms with Crippen LogP contribution >= 0.6 is 31.9 Å². The van der Waals surface area contributed by atoms with Gasteiger partial charge in [0.05, 0.1) is 11.0 Å². The Morgan fingerprint density at radius 3 is 2.61 bits per heavy atom. The molecule has 2 heterocycles. The maximum Gasteiger partial charge on any atom is 0.157 e. The maximum absolute atomic E-state index is 6.39. The van der Waals surface area contributed by atoms with Gasteiger partial charge in [0, 0.05) is 15.5 Å². The van der Waals surface area contributed by atoms with Gasteiger partial charge in [-0.25, -0.2) is 4.98 Å². The second-order valence-corrected chi connectivity index (χ2v) is 8.90. The van der Waals surface area contributed by atoms with Gasteiger partial charge in [0.25, 0.3) is 0 Å². The molecule has 28 heavy (non-hydrogen) atoms. The van der Waals surface area contributed by atoms with Crippen LogP contribution in [-0.2, 0) is 13.0 Å². The summed E-state index contributed by atoms with van der Waals surface area (Å²) in [6.45, 7) is 0.774. The first-order valence-corrected chi connectivity index (χ1v) is 10.9. The van der Waals surface area contributed by atoms with Gasteiger partial charge in [-0.3, -0.25) is 0 Å². The monoisotopic (exact) mass is 496 g/mol. The van der Waals surface area contributed by atoms with Gasteiger partial charge in [-0.15, -0.1) is 0 Å². The molecule has 3 nitrogen and oxygen atoms in total. The summed E-state index contributed by atoms with van der Waals surface area (Å²) >= 11 is 7.07. The highest BCUT2D eigenvalue weighted by atomic mass is 79.9. The standard InChI is InChI=1S/C23H18Br2N2O/c24-17-8-5-15(6-9-17)14-27-20-4-2-1-3-19(20)26-23(27)22-11-7-16-13-18(25)10-12-21(16)28-22/h1-6,8-10,12-13,22H,7,11,14H2. The van der Waals surface area contributed by atoms with Crippen molar-refractivity contribution in [3.05, 3.63) is 92.6 Å². The zero-order chi connectivity index (χ0) is 19.1. The molecule has 5 heteroatoms. The molecule has 0 fully saturated rings. The summed E-state index contributed by atoms with van der Waals surface area (Å²) in [5, 5.41) is 0. The molecular weight excluding hydrogens is 480 g/mol. The second kappa shape index (κ2) is 7.37. The molecule has 3 aromatic carbocycles. The van der Waals surface area contributed by atoms with Crippen LogP contribution in [0.1, 0.15) is 29.5 Å². The molecule has 4 aromatic rings. The van der Waals surface area contributed by atoms with E-state index in [1.54, 1.807) is 0 Å². The minimum Gasteiger partial charge on any atom is -0.482 e. The Balaban J connectivity index is 1.55. The third-order valence-electron chi connectivity index (χ3n) is 5.19. The van der Waals surface area contributed by atoms with Gasteiger partial charge in [-0.1, -0.05) is 56.1 Å². The molecule has 0 saturated carbocycles. The van der Waals surface area contributed by atoms with E-state index in [0.29, 0.717) is 0 Å². The lowest BCUT2D eigenvalue weighted by Gasteiger charge is -2.26. The number of benzene rings is 3. The largest absolute Gasteiger partial charge is 0.482 e. The summed E-state index contributed by atoms with van der Waals surface area (Å²) in [5.74, 6) is 1.96. The average molecular weight is 498 g/mol. The van der Waals surface area contributed by atoms with Crippen molar-refractivity contribution in [3.8, 4) is 5.75 Å². The fourth-order valence-electron chi connectivity index (χ4n) is 3.82. The molecule has 1 unspecified atom stereocenters. The fraction of sp³-hybridized carbons (Fsp3) is 0.174. The van der Waals surface area contributed by atoms with Crippen molar-refractivity contribution >= 4 is 42.9 Å². The predicted octanol–water partition coefficient (Wildman–Crippen LogP) is 6.68. The normalized spacial score (nSPS) is 16.0. The number of aryl methyl sites for hydroxylation is 1. The smallest absolute Gasteiger partial charge is 0.157 e. The highest BCUT2D eigenvalue weighted by Crippen LogP contribution is 2.37. The lowest BCUT2D eigenvalue weighted by molar-refractivity contribution is 0.164. The van der Waals surface area contributed by atoms with Crippen molar-refractivity contribution in [1.82, 2.24) is 9.55 Å². The van der Waals surface area contributed by atoms with E-state index < -0.39 is 0 Å². The molecule has 0 spiro atoms. The molecule has 1 aliphatic rings. The number of imidazole rings is 1. The second-order valence-electron chi connectivity index (χ2n) is 7.07. The number of para-hydroxylation sites is 2. The van der Waals surface area contributed by atoms with E-state index in [1.165, 1.54) is 11.1 Å². The summed E-state index contributed by atoms with van der Waals surface area (Å²) in [4.78, 5) is 4.96. The van der Waals surface area contributed by atoms with Crippen LogP contribution in [0.5, 0.6) is 5.75 Å². The first-order chi connectivity index (χ1) is 13.7. The zero-order valence-corrected chi connectivity index (χ0v) is 18.3. The van der Waals surface area contributed by atoms with Gasteiger partial charge in [0.2, 0.25) is 0 Å². The highest BCUT2D eigenvalue weighted by molar-refractivity contribution is 9.10. The Labute approximate surface area is 180 Å². The zero-order valence-electron chi connectivity index (χ0n) is 15.1. The molecule has 0 N–H and O–H groups in total. The van der Waals surface area contributed by atoms with Crippen LogP contribution in [-0.4, -0.2) is 9.55 Å². The summed E-state index contributed by atoms with van der Waals surface area (Å²) in [7, 11) is 0. The lowest BCUT2D eigenvalue weighted by atomic mass is 10.0. The van der Waals surface area contributed by atoms with Crippen LogP contribution in [0.2, 0.25) is 0 Å². The minimum absolute atomic E-state index is 0.0449. The minimum atomic E-state index is -0.0449. The van der Waals surface area contributed by atoms with E-state index >= 15 is 0 Å². The van der Waals surface area contributed by atoms with Crippen LogP contribution in [0.15, 0.2) is 75.7 Å². The third kappa shape index (κ3) is 3.38. The van der Waals surface area contributed by atoms with Crippen molar-refractivity contribution in [2.75, 3.05) is 0 Å². The van der Waals surface area contributed by atoms with Crippen LogP contribution in [0, 0.1) is 0 Å². The molecule has 1 atom stereocenters. The lowest BCUT2D eigenvalue weighted by Crippen LogP contribution is -2.20. The van der Waals surface area contributed by atoms with Crippen LogP contribution in [0.3, 0.4) is 0 Å². The molecule has 140 valence electrons. The Hall–Kier alpha value is -2.11. The first-order valence-electron chi connectivity index (χ1n) is 9.32. The SMILES string of the molecule is Brc1ccc(Cn2c(C3CCc4cc(Br)ccc4O3)nc3ccccc32)cc1. The van der Waals surface area contributed by atoms with Gasteiger partial charge in [-0.2, -0.15) is 0 Å². The number of aromatic nitrogens is 2. The molecule has 0 saturated heterocycles. The number of rotatable bonds is 3. The summed E-state index contributed by atoms with van der Waals surface area (Å²) in [5.41, 5.74) is 4.65. The number of hydrogen-bond donors (Lipinski definition) is 0. The van der Waals surface area contributed by atoms with E-state index in [1.807, 2.05) is 18.2 Å². The molecule has 0 amide bonds. The number of ether oxygens (including phenoxy) is 1. The number of fused-ring (bicyclic) bond motifs is 2. The average Bonchev–Trinajstić information content (AvgIpc) is 3.08. The van der Waals surface area contributed by atoms with Crippen molar-refractivity contribution in [1.29, 1.82) is 0 Å². The molecule has 5 rings (SSSR count). The van der Waals surface area contributed by atoms with Crippen molar-refractivity contribution in [2.24, 2.45) is 0 Å². The predicted molar refractivity (Wildman–Crippen MR) is 119 cm³/mol. The molecule has 1 aromatic heterocycles. The van der Waals surface area contributed by atoms with Crippen LogP contribution in [0.25, 0.3) is 11.0 Å². The van der Waals surface area contributed by atoms with Crippen molar-refractivity contribution < 1.29 is 4.74 Å².